The normalized spacial score (nSPS) is 12.8. The minimum Gasteiger partial charge on any atom is -0.485 e. The second kappa shape index (κ2) is 9.24. The molecule has 8 heteroatoms. The lowest BCUT2D eigenvalue weighted by molar-refractivity contribution is -0.118. The molecule has 0 saturated heterocycles. The number of anilines is 1. The van der Waals surface area contributed by atoms with E-state index in [4.69, 9.17) is 15.0 Å². The molecule has 132 valence electrons. The number of hydrogen-bond donors (Lipinski definition) is 2. The number of benzene rings is 1. The van der Waals surface area contributed by atoms with E-state index >= 15 is 0 Å². The molecule has 0 spiro atoms. The molecule has 0 aliphatic heterocycles. The Morgan fingerprint density at radius 2 is 2.04 bits per heavy atom. The van der Waals surface area contributed by atoms with E-state index in [0.29, 0.717) is 23.2 Å². The molecule has 0 aliphatic carbocycles. The number of carbonyl (C=O) groups is 1. The van der Waals surface area contributed by atoms with Crippen molar-refractivity contribution in [1.29, 1.82) is 0 Å². The van der Waals surface area contributed by atoms with Crippen LogP contribution in [0.2, 0.25) is 0 Å². The number of rotatable bonds is 7. The fraction of sp³-hybridized carbons (Fsp3) is 0.438. The fourth-order valence-electron chi connectivity index (χ4n) is 1.92. The van der Waals surface area contributed by atoms with Crippen LogP contribution < -0.4 is 15.8 Å². The van der Waals surface area contributed by atoms with Crippen molar-refractivity contribution in [2.45, 2.75) is 39.8 Å². The first-order chi connectivity index (χ1) is 11.0. The van der Waals surface area contributed by atoms with Gasteiger partial charge in [-0.1, -0.05) is 25.4 Å². The van der Waals surface area contributed by atoms with Gasteiger partial charge in [0.1, 0.15) is 5.75 Å². The summed E-state index contributed by atoms with van der Waals surface area (Å²) >= 11 is 0. The molecular formula is C16H23ClN4O3. The van der Waals surface area contributed by atoms with Crippen molar-refractivity contribution in [3.05, 3.63) is 36.0 Å². The lowest BCUT2D eigenvalue weighted by Crippen LogP contribution is -2.40. The van der Waals surface area contributed by atoms with Crippen LogP contribution in [0.4, 0.5) is 5.69 Å². The maximum Gasteiger partial charge on any atom is 0.241 e. The number of halogens is 1. The summed E-state index contributed by atoms with van der Waals surface area (Å²) in [5, 5.41) is 6.55. The Balaban J connectivity index is 0.00000288. The third kappa shape index (κ3) is 5.50. The van der Waals surface area contributed by atoms with Gasteiger partial charge in [0.2, 0.25) is 17.6 Å². The zero-order valence-corrected chi connectivity index (χ0v) is 14.8. The molecule has 2 rings (SSSR count). The van der Waals surface area contributed by atoms with Crippen LogP contribution in [0.25, 0.3) is 0 Å². The Kier molecular flexibility index (Phi) is 7.67. The smallest absolute Gasteiger partial charge is 0.241 e. The summed E-state index contributed by atoms with van der Waals surface area (Å²) < 4.78 is 10.4. The minimum absolute atomic E-state index is 0. The zero-order valence-electron chi connectivity index (χ0n) is 14.0. The maximum atomic E-state index is 12.0. The van der Waals surface area contributed by atoms with Crippen molar-refractivity contribution in [1.82, 2.24) is 10.1 Å². The molecule has 0 fully saturated rings. The van der Waals surface area contributed by atoms with Crippen LogP contribution in [0.1, 0.15) is 32.0 Å². The van der Waals surface area contributed by atoms with E-state index in [2.05, 4.69) is 15.5 Å². The van der Waals surface area contributed by atoms with Crippen molar-refractivity contribution in [2.24, 2.45) is 11.7 Å². The Morgan fingerprint density at radius 1 is 1.38 bits per heavy atom. The number of aromatic nitrogens is 2. The summed E-state index contributed by atoms with van der Waals surface area (Å²) in [6.45, 7) is 5.91. The molecule has 0 bridgehead atoms. The van der Waals surface area contributed by atoms with Crippen LogP contribution in [-0.2, 0) is 11.4 Å². The van der Waals surface area contributed by atoms with Crippen molar-refractivity contribution < 1.29 is 14.1 Å². The highest BCUT2D eigenvalue weighted by atomic mass is 35.5. The van der Waals surface area contributed by atoms with E-state index in [1.165, 1.54) is 0 Å². The Morgan fingerprint density at radius 3 is 2.58 bits per heavy atom. The summed E-state index contributed by atoms with van der Waals surface area (Å²) in [4.78, 5) is 16.1. The number of nitrogens with two attached hydrogens (primary N) is 1. The average Bonchev–Trinajstić information content (AvgIpc) is 2.98. The molecule has 1 aromatic heterocycles. The summed E-state index contributed by atoms with van der Waals surface area (Å²) in [7, 11) is 0. The molecule has 0 radical (unpaired) electrons. The number of amides is 1. The Hall–Kier alpha value is -2.12. The second-order valence-corrected chi connectivity index (χ2v) is 5.44. The largest absolute Gasteiger partial charge is 0.485 e. The third-order valence-corrected chi connectivity index (χ3v) is 3.62. The summed E-state index contributed by atoms with van der Waals surface area (Å²) in [5.74, 6) is 1.58. The number of carbonyl (C=O) groups excluding carboxylic acids is 1. The first-order valence-electron chi connectivity index (χ1n) is 7.58. The van der Waals surface area contributed by atoms with Gasteiger partial charge in [-0.3, -0.25) is 4.79 Å². The van der Waals surface area contributed by atoms with E-state index in [9.17, 15) is 4.79 Å². The van der Waals surface area contributed by atoms with Gasteiger partial charge < -0.3 is 20.3 Å². The Labute approximate surface area is 147 Å². The van der Waals surface area contributed by atoms with Crippen LogP contribution in [0.5, 0.6) is 5.75 Å². The number of nitrogens with one attached hydrogen (secondary N) is 1. The molecule has 2 atom stereocenters. The molecule has 1 heterocycles. The first kappa shape index (κ1) is 19.9. The average molecular weight is 355 g/mol. The van der Waals surface area contributed by atoms with Gasteiger partial charge >= 0.3 is 0 Å². The summed E-state index contributed by atoms with van der Waals surface area (Å²) in [5.41, 5.74) is 6.58. The van der Waals surface area contributed by atoms with Crippen molar-refractivity contribution in [2.75, 3.05) is 5.32 Å². The SMILES string of the molecule is CCC(C)C(N)C(=O)Nc1ccc(OCc2noc(C)n2)cc1.Cl. The third-order valence-electron chi connectivity index (χ3n) is 3.62. The predicted octanol–water partition coefficient (Wildman–Crippen LogP) is 2.69. The molecule has 0 saturated carbocycles. The Bertz CT molecular complexity index is 645. The molecule has 1 amide bonds. The van der Waals surface area contributed by atoms with Crippen LogP contribution in [0.15, 0.2) is 28.8 Å². The first-order valence-corrected chi connectivity index (χ1v) is 7.58. The van der Waals surface area contributed by atoms with Crippen molar-refractivity contribution >= 4 is 24.0 Å². The highest BCUT2D eigenvalue weighted by Gasteiger charge is 2.19. The van der Waals surface area contributed by atoms with Gasteiger partial charge in [0.25, 0.3) is 0 Å². The van der Waals surface area contributed by atoms with Gasteiger partial charge in [-0.25, -0.2) is 0 Å². The number of ether oxygens (including phenoxy) is 1. The van der Waals surface area contributed by atoms with Gasteiger partial charge in [-0.15, -0.1) is 12.4 Å². The maximum absolute atomic E-state index is 12.0. The number of aryl methyl sites for hydroxylation is 1. The number of hydrogen-bond acceptors (Lipinski definition) is 6. The molecule has 24 heavy (non-hydrogen) atoms. The van der Waals surface area contributed by atoms with E-state index in [1.807, 2.05) is 13.8 Å². The second-order valence-electron chi connectivity index (χ2n) is 5.44. The van der Waals surface area contributed by atoms with E-state index < -0.39 is 6.04 Å². The van der Waals surface area contributed by atoms with Crippen molar-refractivity contribution in [3.8, 4) is 5.75 Å². The lowest BCUT2D eigenvalue weighted by atomic mass is 9.99. The van der Waals surface area contributed by atoms with Crippen LogP contribution in [0, 0.1) is 12.8 Å². The highest BCUT2D eigenvalue weighted by Crippen LogP contribution is 2.17. The van der Waals surface area contributed by atoms with Gasteiger partial charge in [-0.2, -0.15) is 4.98 Å². The quantitative estimate of drug-likeness (QED) is 0.792. The molecular weight excluding hydrogens is 332 g/mol. The molecule has 3 N–H and O–H groups in total. The van der Waals surface area contributed by atoms with Crippen LogP contribution >= 0.6 is 12.4 Å². The highest BCUT2D eigenvalue weighted by molar-refractivity contribution is 5.94. The lowest BCUT2D eigenvalue weighted by Gasteiger charge is -2.17. The minimum atomic E-state index is -0.516. The molecule has 2 unspecified atom stereocenters. The monoisotopic (exact) mass is 354 g/mol. The van der Waals surface area contributed by atoms with Gasteiger partial charge in [0.15, 0.2) is 6.61 Å². The van der Waals surface area contributed by atoms with Crippen LogP contribution in [-0.4, -0.2) is 22.1 Å². The predicted molar refractivity (Wildman–Crippen MR) is 93.1 cm³/mol. The number of nitrogens with zero attached hydrogens (tertiary/aromatic N) is 2. The topological polar surface area (TPSA) is 103 Å². The molecule has 1 aromatic carbocycles. The molecule has 2 aromatic rings. The van der Waals surface area contributed by atoms with E-state index in [0.717, 1.165) is 6.42 Å². The van der Waals surface area contributed by atoms with Crippen molar-refractivity contribution in [3.63, 3.8) is 0 Å². The van der Waals surface area contributed by atoms with Gasteiger partial charge in [0, 0.05) is 12.6 Å². The van der Waals surface area contributed by atoms with E-state index in [1.54, 1.807) is 31.2 Å². The van der Waals surface area contributed by atoms with Gasteiger partial charge in [-0.05, 0) is 30.2 Å². The fourth-order valence-corrected chi connectivity index (χ4v) is 1.92. The van der Waals surface area contributed by atoms with E-state index in [-0.39, 0.29) is 30.8 Å². The van der Waals surface area contributed by atoms with Crippen LogP contribution in [0.3, 0.4) is 0 Å². The zero-order chi connectivity index (χ0) is 16.8. The molecule has 7 nitrogen and oxygen atoms in total. The summed E-state index contributed by atoms with van der Waals surface area (Å²) in [6, 6.07) is 6.53. The summed E-state index contributed by atoms with van der Waals surface area (Å²) in [6.07, 6.45) is 0.858. The van der Waals surface area contributed by atoms with Gasteiger partial charge in [0.05, 0.1) is 6.04 Å². The standard InChI is InChI=1S/C16H22N4O3.ClH/c1-4-10(2)15(17)16(21)19-12-5-7-13(8-6-12)22-9-14-18-11(3)23-20-14;/h5-8,10,15H,4,9,17H2,1-3H3,(H,19,21);1H. The molecule has 0 aliphatic rings.